The summed E-state index contributed by atoms with van der Waals surface area (Å²) in [7, 11) is 0. The Bertz CT molecular complexity index is 1330. The van der Waals surface area contributed by atoms with E-state index in [2.05, 4.69) is 25.9 Å². The molecule has 2 heterocycles. The lowest BCUT2D eigenvalue weighted by Gasteiger charge is -2.12. The molecule has 5 nitrogen and oxygen atoms in total. The van der Waals surface area contributed by atoms with Crippen LogP contribution in [0.25, 0.3) is 27.4 Å². The van der Waals surface area contributed by atoms with Gasteiger partial charge in [-0.2, -0.15) is 13.2 Å². The standard InChI is InChI=1S/C18H9BrF3N3O2/c19-15-14(11-4-2-1-3-9(11)8-23-15)25-16(26)12-7-10(18(20,21)22)5-6-13(12)24-17(25)27/h1-8H,(H,24,27). The van der Waals surface area contributed by atoms with Crippen LogP contribution in [0.3, 0.4) is 0 Å². The van der Waals surface area contributed by atoms with Crippen LogP contribution in [0.1, 0.15) is 5.56 Å². The minimum Gasteiger partial charge on any atom is -0.306 e. The van der Waals surface area contributed by atoms with E-state index in [9.17, 15) is 22.8 Å². The SMILES string of the molecule is O=c1[nH]c2ccc(C(F)(F)F)cc2c(=O)n1-c1c(Br)ncc2ccccc12. The van der Waals surface area contributed by atoms with E-state index < -0.39 is 23.0 Å². The Morgan fingerprint density at radius 3 is 2.52 bits per heavy atom. The number of nitrogens with zero attached hydrogens (tertiary/aromatic N) is 2. The molecule has 9 heteroatoms. The van der Waals surface area contributed by atoms with Crippen molar-refractivity contribution in [3.05, 3.63) is 79.7 Å². The van der Waals surface area contributed by atoms with Crippen molar-refractivity contribution in [1.82, 2.24) is 14.5 Å². The highest BCUT2D eigenvalue weighted by Gasteiger charge is 2.31. The maximum atomic E-state index is 13.0. The Labute approximate surface area is 157 Å². The van der Waals surface area contributed by atoms with Gasteiger partial charge >= 0.3 is 11.9 Å². The van der Waals surface area contributed by atoms with E-state index in [0.29, 0.717) is 10.8 Å². The number of pyridine rings is 1. The monoisotopic (exact) mass is 435 g/mol. The molecule has 0 saturated carbocycles. The molecule has 136 valence electrons. The second-order valence-electron chi connectivity index (χ2n) is 5.81. The number of benzene rings is 2. The molecule has 1 N–H and O–H groups in total. The molecule has 0 unspecified atom stereocenters. The van der Waals surface area contributed by atoms with Crippen molar-refractivity contribution in [2.75, 3.05) is 0 Å². The Morgan fingerprint density at radius 2 is 1.78 bits per heavy atom. The van der Waals surface area contributed by atoms with E-state index in [-0.39, 0.29) is 21.2 Å². The zero-order valence-electron chi connectivity index (χ0n) is 13.3. The number of rotatable bonds is 1. The Kier molecular flexibility index (Phi) is 3.92. The maximum Gasteiger partial charge on any atom is 0.416 e. The lowest BCUT2D eigenvalue weighted by Crippen LogP contribution is -2.34. The van der Waals surface area contributed by atoms with Crippen molar-refractivity contribution in [1.29, 1.82) is 0 Å². The Hall–Kier alpha value is -2.94. The molecule has 0 aliphatic carbocycles. The molecule has 0 aliphatic heterocycles. The number of fused-ring (bicyclic) bond motifs is 2. The summed E-state index contributed by atoms with van der Waals surface area (Å²) in [6.45, 7) is 0. The number of hydrogen-bond acceptors (Lipinski definition) is 3. The van der Waals surface area contributed by atoms with E-state index >= 15 is 0 Å². The molecule has 2 aromatic carbocycles. The van der Waals surface area contributed by atoms with Gasteiger partial charge in [0, 0.05) is 17.0 Å². The first-order chi connectivity index (χ1) is 12.8. The molecular formula is C18H9BrF3N3O2. The summed E-state index contributed by atoms with van der Waals surface area (Å²) < 4.78 is 40.1. The third-order valence-corrected chi connectivity index (χ3v) is 4.76. The Morgan fingerprint density at radius 1 is 1.04 bits per heavy atom. The summed E-state index contributed by atoms with van der Waals surface area (Å²) in [5, 5.41) is 0.980. The third kappa shape index (κ3) is 2.84. The number of halogens is 4. The van der Waals surface area contributed by atoms with Crippen LogP contribution in [0.4, 0.5) is 13.2 Å². The predicted octanol–water partition coefficient (Wildman–Crippen LogP) is 4.01. The summed E-state index contributed by atoms with van der Waals surface area (Å²) in [5.41, 5.74) is -2.41. The highest BCUT2D eigenvalue weighted by atomic mass is 79.9. The Balaban J connectivity index is 2.14. The van der Waals surface area contributed by atoms with Gasteiger partial charge in [-0.3, -0.25) is 4.79 Å². The first-order valence-corrected chi connectivity index (χ1v) is 8.46. The summed E-state index contributed by atoms with van der Waals surface area (Å²) in [6.07, 6.45) is -3.05. The van der Waals surface area contributed by atoms with E-state index in [4.69, 9.17) is 0 Å². The van der Waals surface area contributed by atoms with Gasteiger partial charge in [-0.25, -0.2) is 14.3 Å². The molecule has 4 rings (SSSR count). The van der Waals surface area contributed by atoms with Crippen molar-refractivity contribution < 1.29 is 13.2 Å². The number of aromatic nitrogens is 3. The van der Waals surface area contributed by atoms with Gasteiger partial charge in [0.1, 0.15) is 4.60 Å². The molecule has 0 saturated heterocycles. The normalized spacial score (nSPS) is 12.0. The van der Waals surface area contributed by atoms with Gasteiger partial charge in [0.05, 0.1) is 22.2 Å². The van der Waals surface area contributed by atoms with Crippen LogP contribution in [-0.4, -0.2) is 14.5 Å². The van der Waals surface area contributed by atoms with Crippen LogP contribution in [0, 0.1) is 0 Å². The zero-order valence-corrected chi connectivity index (χ0v) is 14.9. The van der Waals surface area contributed by atoms with Crippen molar-refractivity contribution in [2.24, 2.45) is 0 Å². The summed E-state index contributed by atoms with van der Waals surface area (Å²) in [5.74, 6) is 0. The smallest absolute Gasteiger partial charge is 0.306 e. The lowest BCUT2D eigenvalue weighted by molar-refractivity contribution is -0.137. The van der Waals surface area contributed by atoms with Gasteiger partial charge in [-0.05, 0) is 34.1 Å². The predicted molar refractivity (Wildman–Crippen MR) is 98.2 cm³/mol. The minimum atomic E-state index is -4.61. The second-order valence-corrected chi connectivity index (χ2v) is 6.56. The van der Waals surface area contributed by atoms with Crippen molar-refractivity contribution in [3.8, 4) is 5.69 Å². The van der Waals surface area contributed by atoms with Crippen LogP contribution in [0.5, 0.6) is 0 Å². The van der Waals surface area contributed by atoms with E-state index in [1.807, 2.05) is 0 Å². The fourth-order valence-electron chi connectivity index (χ4n) is 2.93. The van der Waals surface area contributed by atoms with Gasteiger partial charge in [-0.15, -0.1) is 0 Å². The maximum absolute atomic E-state index is 13.0. The van der Waals surface area contributed by atoms with Crippen LogP contribution >= 0.6 is 15.9 Å². The molecule has 0 spiro atoms. The van der Waals surface area contributed by atoms with Crippen LogP contribution in [-0.2, 0) is 6.18 Å². The van der Waals surface area contributed by atoms with Gasteiger partial charge in [-0.1, -0.05) is 24.3 Å². The van der Waals surface area contributed by atoms with Crippen molar-refractivity contribution >= 4 is 37.6 Å². The number of aromatic amines is 1. The van der Waals surface area contributed by atoms with Crippen LogP contribution in [0.15, 0.2) is 62.9 Å². The number of nitrogens with one attached hydrogen (secondary N) is 1. The van der Waals surface area contributed by atoms with E-state index in [0.717, 1.165) is 22.8 Å². The average molecular weight is 436 g/mol. The second kappa shape index (κ2) is 6.05. The summed E-state index contributed by atoms with van der Waals surface area (Å²) in [6, 6.07) is 9.56. The highest BCUT2D eigenvalue weighted by molar-refractivity contribution is 9.10. The van der Waals surface area contributed by atoms with E-state index in [1.54, 1.807) is 30.5 Å². The number of alkyl halides is 3. The van der Waals surface area contributed by atoms with Crippen molar-refractivity contribution in [2.45, 2.75) is 6.18 Å². The summed E-state index contributed by atoms with van der Waals surface area (Å²) in [4.78, 5) is 32.1. The van der Waals surface area contributed by atoms with Crippen LogP contribution < -0.4 is 11.2 Å². The lowest BCUT2D eigenvalue weighted by atomic mass is 10.1. The van der Waals surface area contributed by atoms with Gasteiger partial charge in [0.2, 0.25) is 0 Å². The largest absolute Gasteiger partial charge is 0.416 e. The van der Waals surface area contributed by atoms with E-state index in [1.165, 1.54) is 0 Å². The highest BCUT2D eigenvalue weighted by Crippen LogP contribution is 2.31. The zero-order chi connectivity index (χ0) is 19.3. The minimum absolute atomic E-state index is 0.0265. The van der Waals surface area contributed by atoms with Gasteiger partial charge < -0.3 is 4.98 Å². The molecule has 2 aromatic heterocycles. The topological polar surface area (TPSA) is 67.8 Å². The quantitative estimate of drug-likeness (QED) is 0.459. The van der Waals surface area contributed by atoms with Crippen LogP contribution in [0.2, 0.25) is 0 Å². The number of H-pyrrole nitrogens is 1. The van der Waals surface area contributed by atoms with Gasteiger partial charge in [0.25, 0.3) is 5.56 Å². The average Bonchev–Trinajstić information content (AvgIpc) is 2.62. The molecule has 0 fully saturated rings. The summed E-state index contributed by atoms with van der Waals surface area (Å²) >= 11 is 3.23. The molecule has 0 atom stereocenters. The molecule has 0 aliphatic rings. The number of hydrogen-bond donors (Lipinski definition) is 1. The van der Waals surface area contributed by atoms with Gasteiger partial charge in [0.15, 0.2) is 0 Å². The first kappa shape index (κ1) is 17.5. The molecular weight excluding hydrogens is 427 g/mol. The molecule has 0 bridgehead atoms. The first-order valence-electron chi connectivity index (χ1n) is 7.67. The van der Waals surface area contributed by atoms with Crippen molar-refractivity contribution in [3.63, 3.8) is 0 Å². The molecule has 4 aromatic rings. The fourth-order valence-corrected chi connectivity index (χ4v) is 3.42. The molecule has 0 radical (unpaired) electrons. The molecule has 0 amide bonds. The molecule has 27 heavy (non-hydrogen) atoms. The fraction of sp³-hybridized carbons (Fsp3) is 0.0556. The third-order valence-electron chi connectivity index (χ3n) is 4.18.